The third kappa shape index (κ3) is 6.05. The smallest absolute Gasteiger partial charge is 0.193 e. The van der Waals surface area contributed by atoms with Crippen LogP contribution in [0.5, 0.6) is 0 Å². The maximum absolute atomic E-state index is 5.92. The number of aliphatic imine (C=N–C) groups is 1. The first-order chi connectivity index (χ1) is 10.2. The van der Waals surface area contributed by atoms with E-state index in [0.717, 1.165) is 18.5 Å². The van der Waals surface area contributed by atoms with Crippen molar-refractivity contribution < 1.29 is 0 Å². The molecule has 0 aliphatic carbocycles. The monoisotopic (exact) mass is 409 g/mol. The normalized spacial score (nSPS) is 10.9. The second-order valence-corrected chi connectivity index (χ2v) is 5.18. The number of hydrogen-bond acceptors (Lipinski definition) is 1. The van der Waals surface area contributed by atoms with Crippen molar-refractivity contribution in [2.75, 3.05) is 11.9 Å². The van der Waals surface area contributed by atoms with Gasteiger partial charge in [0.2, 0.25) is 0 Å². The van der Waals surface area contributed by atoms with Crippen LogP contribution < -0.4 is 11.1 Å². The number of nitrogens with one attached hydrogen (secondary N) is 1. The minimum atomic E-state index is 0. The van der Waals surface area contributed by atoms with Gasteiger partial charge in [-0.3, -0.25) is 4.99 Å². The highest BCUT2D eigenvalue weighted by molar-refractivity contribution is 14.0. The Balaban J connectivity index is 0.00000242. The van der Waals surface area contributed by atoms with E-state index in [1.54, 1.807) is 0 Å². The fraction of sp³-hybridized carbons (Fsp3) is 0.278. The van der Waals surface area contributed by atoms with Crippen LogP contribution >= 0.6 is 24.0 Å². The molecule has 0 unspecified atom stereocenters. The first-order valence-corrected chi connectivity index (χ1v) is 7.39. The van der Waals surface area contributed by atoms with Gasteiger partial charge in [-0.15, -0.1) is 24.0 Å². The molecule has 0 aromatic heterocycles. The second kappa shape index (κ2) is 9.46. The number of rotatable bonds is 5. The number of guanidine groups is 1. The Kier molecular flexibility index (Phi) is 7.95. The van der Waals surface area contributed by atoms with Gasteiger partial charge < -0.3 is 11.1 Å². The molecule has 0 saturated heterocycles. The molecular weight excluding hydrogens is 385 g/mol. The van der Waals surface area contributed by atoms with Crippen LogP contribution in [0, 0.1) is 6.92 Å². The van der Waals surface area contributed by atoms with E-state index in [2.05, 4.69) is 60.6 Å². The van der Waals surface area contributed by atoms with Crippen molar-refractivity contribution in [3.05, 3.63) is 65.2 Å². The Morgan fingerprint density at radius 1 is 1.09 bits per heavy atom. The van der Waals surface area contributed by atoms with E-state index < -0.39 is 0 Å². The molecule has 118 valence electrons. The molecule has 2 aromatic carbocycles. The molecule has 2 rings (SSSR count). The van der Waals surface area contributed by atoms with Crippen molar-refractivity contribution in [1.82, 2.24) is 0 Å². The van der Waals surface area contributed by atoms with Crippen LogP contribution in [0.2, 0.25) is 0 Å². The van der Waals surface area contributed by atoms with Crippen molar-refractivity contribution >= 4 is 35.6 Å². The summed E-state index contributed by atoms with van der Waals surface area (Å²) in [6, 6.07) is 16.8. The molecule has 0 atom stereocenters. The topological polar surface area (TPSA) is 50.4 Å². The van der Waals surface area contributed by atoms with E-state index in [1.807, 2.05) is 12.1 Å². The molecule has 3 N–H and O–H groups in total. The molecule has 0 heterocycles. The third-order valence-electron chi connectivity index (χ3n) is 3.41. The van der Waals surface area contributed by atoms with E-state index in [9.17, 15) is 0 Å². The average molecular weight is 409 g/mol. The minimum Gasteiger partial charge on any atom is -0.370 e. The second-order valence-electron chi connectivity index (χ2n) is 5.18. The summed E-state index contributed by atoms with van der Waals surface area (Å²) in [4.78, 5) is 4.38. The molecule has 0 fully saturated rings. The average Bonchev–Trinajstić information content (AvgIpc) is 2.49. The lowest BCUT2D eigenvalue weighted by Gasteiger charge is -2.07. The van der Waals surface area contributed by atoms with Crippen LogP contribution in [0.3, 0.4) is 0 Å². The Morgan fingerprint density at radius 2 is 1.82 bits per heavy atom. The third-order valence-corrected chi connectivity index (χ3v) is 3.41. The lowest BCUT2D eigenvalue weighted by molar-refractivity contribution is 0.963. The van der Waals surface area contributed by atoms with Crippen LogP contribution in [0.1, 0.15) is 23.6 Å². The molecular formula is C18H24IN3. The number of aryl methyl sites for hydroxylation is 2. The molecule has 4 heteroatoms. The molecule has 0 amide bonds. The molecule has 0 aliphatic rings. The number of hydrogen-bond donors (Lipinski definition) is 2. The number of nitrogens with zero attached hydrogens (tertiary/aromatic N) is 1. The minimum absolute atomic E-state index is 0. The molecule has 22 heavy (non-hydrogen) atoms. The first-order valence-electron chi connectivity index (χ1n) is 7.39. The van der Waals surface area contributed by atoms with Crippen molar-refractivity contribution in [2.45, 2.75) is 26.7 Å². The van der Waals surface area contributed by atoms with Crippen molar-refractivity contribution in [2.24, 2.45) is 10.7 Å². The molecule has 0 spiro atoms. The zero-order chi connectivity index (χ0) is 15.1. The van der Waals surface area contributed by atoms with Crippen molar-refractivity contribution in [3.8, 4) is 0 Å². The maximum Gasteiger partial charge on any atom is 0.193 e. The molecule has 3 nitrogen and oxygen atoms in total. The zero-order valence-corrected chi connectivity index (χ0v) is 15.5. The Morgan fingerprint density at radius 3 is 2.50 bits per heavy atom. The molecule has 0 aliphatic heterocycles. The van der Waals surface area contributed by atoms with Crippen LogP contribution in [0.25, 0.3) is 0 Å². The highest BCUT2D eigenvalue weighted by atomic mass is 127. The number of benzene rings is 2. The predicted octanol–water partition coefficient (Wildman–Crippen LogP) is 4.14. The summed E-state index contributed by atoms with van der Waals surface area (Å²) in [7, 11) is 0. The summed E-state index contributed by atoms with van der Waals surface area (Å²) in [6.07, 6.45) is 1.91. The van der Waals surface area contributed by atoms with E-state index >= 15 is 0 Å². The lowest BCUT2D eigenvalue weighted by atomic mass is 10.1. The molecule has 2 aromatic rings. The summed E-state index contributed by atoms with van der Waals surface area (Å²) in [6.45, 7) is 4.92. The van der Waals surface area contributed by atoms with Gasteiger partial charge in [0.15, 0.2) is 5.96 Å². The van der Waals surface area contributed by atoms with Crippen LogP contribution in [0.15, 0.2) is 53.5 Å². The van der Waals surface area contributed by atoms with Gasteiger partial charge in [-0.05, 0) is 43.0 Å². The Bertz CT molecular complexity index is 606. The summed E-state index contributed by atoms with van der Waals surface area (Å²) < 4.78 is 0. The van der Waals surface area contributed by atoms with Gasteiger partial charge in [-0.1, -0.05) is 48.9 Å². The van der Waals surface area contributed by atoms with E-state index in [4.69, 9.17) is 5.73 Å². The Hall–Kier alpha value is -1.56. The molecule has 0 bridgehead atoms. The molecule has 0 saturated carbocycles. The quantitative estimate of drug-likeness (QED) is 0.443. The van der Waals surface area contributed by atoms with E-state index in [1.165, 1.54) is 16.7 Å². The van der Waals surface area contributed by atoms with E-state index in [0.29, 0.717) is 12.5 Å². The first kappa shape index (κ1) is 18.5. The zero-order valence-electron chi connectivity index (χ0n) is 13.2. The standard InChI is InChI=1S/C18H23N3.HI/c1-3-15-5-4-6-17(13-15)21-18(19)20-12-11-16-9-7-14(2)8-10-16;/h4-10,13H,3,11-12H2,1-2H3,(H3,19,20,21);1H. The highest BCUT2D eigenvalue weighted by Gasteiger charge is 1.97. The van der Waals surface area contributed by atoms with Gasteiger partial charge in [0.05, 0.1) is 0 Å². The highest BCUT2D eigenvalue weighted by Crippen LogP contribution is 2.10. The largest absolute Gasteiger partial charge is 0.370 e. The predicted molar refractivity (Wildman–Crippen MR) is 106 cm³/mol. The van der Waals surface area contributed by atoms with Gasteiger partial charge in [-0.2, -0.15) is 0 Å². The maximum atomic E-state index is 5.92. The summed E-state index contributed by atoms with van der Waals surface area (Å²) in [5, 5.41) is 3.14. The number of halogens is 1. The van der Waals surface area contributed by atoms with E-state index in [-0.39, 0.29) is 24.0 Å². The van der Waals surface area contributed by atoms with Crippen LogP contribution in [-0.2, 0) is 12.8 Å². The van der Waals surface area contributed by atoms with Gasteiger partial charge in [-0.25, -0.2) is 0 Å². The van der Waals surface area contributed by atoms with Gasteiger partial charge in [0.25, 0.3) is 0 Å². The summed E-state index contributed by atoms with van der Waals surface area (Å²) in [5.74, 6) is 0.468. The summed E-state index contributed by atoms with van der Waals surface area (Å²) >= 11 is 0. The fourth-order valence-electron chi connectivity index (χ4n) is 2.12. The number of anilines is 1. The van der Waals surface area contributed by atoms with Crippen molar-refractivity contribution in [3.63, 3.8) is 0 Å². The Labute approximate surface area is 150 Å². The van der Waals surface area contributed by atoms with Gasteiger partial charge in [0.1, 0.15) is 0 Å². The van der Waals surface area contributed by atoms with Crippen molar-refractivity contribution in [1.29, 1.82) is 0 Å². The molecule has 0 radical (unpaired) electrons. The fourth-order valence-corrected chi connectivity index (χ4v) is 2.12. The SMILES string of the molecule is CCc1cccc(NC(N)=NCCc2ccc(C)cc2)c1.I. The van der Waals surface area contributed by atoms with Gasteiger partial charge in [0, 0.05) is 12.2 Å². The van der Waals surface area contributed by atoms with Gasteiger partial charge >= 0.3 is 0 Å². The summed E-state index contributed by atoms with van der Waals surface area (Å²) in [5.41, 5.74) is 10.8. The number of nitrogens with two attached hydrogens (primary N) is 1. The van der Waals surface area contributed by atoms with Crippen LogP contribution in [-0.4, -0.2) is 12.5 Å². The lowest BCUT2D eigenvalue weighted by Crippen LogP contribution is -2.23. The van der Waals surface area contributed by atoms with Crippen LogP contribution in [0.4, 0.5) is 5.69 Å².